The molecule has 0 aliphatic carbocycles. The van der Waals surface area contributed by atoms with Crippen LogP contribution in [-0.4, -0.2) is 55.2 Å². The highest BCUT2D eigenvalue weighted by Gasteiger charge is 2.24. The highest BCUT2D eigenvalue weighted by molar-refractivity contribution is 14.0. The lowest BCUT2D eigenvalue weighted by Gasteiger charge is -2.31. The zero-order valence-electron chi connectivity index (χ0n) is 15.8. The predicted octanol–water partition coefficient (Wildman–Crippen LogP) is 2.41. The number of aliphatic imine (C=N–C) groups is 1. The van der Waals surface area contributed by atoms with Crippen LogP contribution in [0.3, 0.4) is 0 Å². The molecule has 138 valence electrons. The molecule has 0 bridgehead atoms. The SMILES string of the molecule is CCNC(=NCC(C)(C)N(C)C)NCC(C)(O)c1ccccc1.I. The molecule has 0 spiro atoms. The van der Waals surface area contributed by atoms with Crippen molar-refractivity contribution in [1.29, 1.82) is 0 Å². The smallest absolute Gasteiger partial charge is 0.191 e. The molecule has 0 fully saturated rings. The molecule has 1 unspecified atom stereocenters. The molecule has 0 heterocycles. The number of hydrogen-bond donors (Lipinski definition) is 3. The van der Waals surface area contributed by atoms with Gasteiger partial charge in [0.1, 0.15) is 5.60 Å². The van der Waals surface area contributed by atoms with Crippen LogP contribution >= 0.6 is 24.0 Å². The fourth-order valence-electron chi connectivity index (χ4n) is 1.91. The third-order valence-corrected chi connectivity index (χ3v) is 4.17. The monoisotopic (exact) mass is 448 g/mol. The van der Waals surface area contributed by atoms with Crippen molar-refractivity contribution < 1.29 is 5.11 Å². The lowest BCUT2D eigenvalue weighted by Crippen LogP contribution is -2.46. The van der Waals surface area contributed by atoms with Gasteiger partial charge in [-0.05, 0) is 47.4 Å². The minimum Gasteiger partial charge on any atom is -0.384 e. The van der Waals surface area contributed by atoms with Crippen molar-refractivity contribution in [1.82, 2.24) is 15.5 Å². The largest absolute Gasteiger partial charge is 0.384 e. The first-order valence-corrected chi connectivity index (χ1v) is 8.16. The van der Waals surface area contributed by atoms with Gasteiger partial charge in [-0.25, -0.2) is 0 Å². The Morgan fingerprint density at radius 2 is 1.71 bits per heavy atom. The van der Waals surface area contributed by atoms with Gasteiger partial charge in [-0.1, -0.05) is 30.3 Å². The molecule has 1 rings (SSSR count). The Morgan fingerprint density at radius 3 is 2.21 bits per heavy atom. The van der Waals surface area contributed by atoms with Crippen LogP contribution in [0.2, 0.25) is 0 Å². The average Bonchev–Trinajstić information content (AvgIpc) is 2.51. The normalized spacial score (nSPS) is 14.8. The Labute approximate surface area is 164 Å². The molecule has 5 nitrogen and oxygen atoms in total. The second kappa shape index (κ2) is 10.2. The number of aliphatic hydroxyl groups is 1. The summed E-state index contributed by atoms with van der Waals surface area (Å²) in [6.45, 7) is 9.99. The fraction of sp³-hybridized carbons (Fsp3) is 0.611. The van der Waals surface area contributed by atoms with Gasteiger partial charge in [0.25, 0.3) is 0 Å². The first kappa shape index (κ1) is 23.1. The van der Waals surface area contributed by atoms with E-state index >= 15 is 0 Å². The molecule has 6 heteroatoms. The van der Waals surface area contributed by atoms with Crippen molar-refractivity contribution >= 4 is 29.9 Å². The molecule has 0 aliphatic rings. The molecule has 0 aliphatic heterocycles. The van der Waals surface area contributed by atoms with E-state index in [2.05, 4.69) is 48.5 Å². The van der Waals surface area contributed by atoms with Crippen LogP contribution in [0.15, 0.2) is 35.3 Å². The van der Waals surface area contributed by atoms with Crippen molar-refractivity contribution in [3.63, 3.8) is 0 Å². The molecule has 1 aromatic rings. The van der Waals surface area contributed by atoms with Gasteiger partial charge in [-0.15, -0.1) is 24.0 Å². The summed E-state index contributed by atoms with van der Waals surface area (Å²) in [5.41, 5.74) is -0.0873. The van der Waals surface area contributed by atoms with Crippen LogP contribution in [0.4, 0.5) is 0 Å². The summed E-state index contributed by atoms with van der Waals surface area (Å²) in [6, 6.07) is 9.68. The molecule has 1 aromatic carbocycles. The van der Waals surface area contributed by atoms with Crippen molar-refractivity contribution in [3.8, 4) is 0 Å². The van der Waals surface area contributed by atoms with E-state index in [1.54, 1.807) is 0 Å². The Balaban J connectivity index is 0.00000529. The predicted molar refractivity (Wildman–Crippen MR) is 113 cm³/mol. The van der Waals surface area contributed by atoms with E-state index in [-0.39, 0.29) is 29.5 Å². The molecule has 0 radical (unpaired) electrons. The number of nitrogens with zero attached hydrogens (tertiary/aromatic N) is 2. The van der Waals surface area contributed by atoms with Crippen molar-refractivity contribution in [2.75, 3.05) is 33.7 Å². The van der Waals surface area contributed by atoms with Gasteiger partial charge in [0.2, 0.25) is 0 Å². The van der Waals surface area contributed by atoms with Crippen LogP contribution in [0.1, 0.15) is 33.3 Å². The second-order valence-electron chi connectivity index (χ2n) is 6.90. The van der Waals surface area contributed by atoms with Crippen molar-refractivity contribution in [3.05, 3.63) is 35.9 Å². The van der Waals surface area contributed by atoms with Gasteiger partial charge in [0.15, 0.2) is 5.96 Å². The first-order chi connectivity index (χ1) is 10.7. The maximum atomic E-state index is 10.7. The van der Waals surface area contributed by atoms with Crippen LogP contribution in [0, 0.1) is 0 Å². The summed E-state index contributed by atoms with van der Waals surface area (Å²) >= 11 is 0. The summed E-state index contributed by atoms with van der Waals surface area (Å²) in [5, 5.41) is 17.1. The third-order valence-electron chi connectivity index (χ3n) is 4.17. The molecular formula is C18H33IN4O. The molecular weight excluding hydrogens is 415 g/mol. The van der Waals surface area contributed by atoms with Crippen molar-refractivity contribution in [2.45, 2.75) is 38.8 Å². The molecule has 3 N–H and O–H groups in total. The van der Waals surface area contributed by atoms with Gasteiger partial charge < -0.3 is 20.6 Å². The van der Waals surface area contributed by atoms with E-state index in [1.807, 2.05) is 44.2 Å². The quantitative estimate of drug-likeness (QED) is 0.341. The lowest BCUT2D eigenvalue weighted by atomic mass is 9.96. The van der Waals surface area contributed by atoms with E-state index in [0.29, 0.717) is 13.1 Å². The summed E-state index contributed by atoms with van der Waals surface area (Å²) in [5.74, 6) is 0.721. The third kappa shape index (κ3) is 7.36. The Bertz CT molecular complexity index is 501. The molecule has 0 aromatic heterocycles. The van der Waals surface area contributed by atoms with Crippen LogP contribution < -0.4 is 10.6 Å². The van der Waals surface area contributed by atoms with Gasteiger partial charge in [-0.2, -0.15) is 0 Å². The number of guanidine groups is 1. The van der Waals surface area contributed by atoms with E-state index in [4.69, 9.17) is 0 Å². The number of halogens is 1. The first-order valence-electron chi connectivity index (χ1n) is 8.16. The highest BCUT2D eigenvalue weighted by atomic mass is 127. The number of hydrogen-bond acceptors (Lipinski definition) is 3. The number of rotatable bonds is 7. The number of likely N-dealkylation sites (N-methyl/N-ethyl adjacent to an activating group) is 1. The molecule has 1 atom stereocenters. The summed E-state index contributed by atoms with van der Waals surface area (Å²) in [7, 11) is 4.10. The van der Waals surface area contributed by atoms with Crippen molar-refractivity contribution in [2.24, 2.45) is 4.99 Å². The van der Waals surface area contributed by atoms with Gasteiger partial charge in [0.05, 0.1) is 13.1 Å². The Kier molecular flexibility index (Phi) is 9.84. The average molecular weight is 448 g/mol. The zero-order valence-corrected chi connectivity index (χ0v) is 18.1. The molecule has 0 saturated heterocycles. The minimum absolute atomic E-state index is 0. The summed E-state index contributed by atoms with van der Waals surface area (Å²) < 4.78 is 0. The lowest BCUT2D eigenvalue weighted by molar-refractivity contribution is 0.0617. The van der Waals surface area contributed by atoms with E-state index < -0.39 is 5.60 Å². The van der Waals surface area contributed by atoms with Gasteiger partial charge in [0, 0.05) is 12.1 Å². The number of nitrogens with one attached hydrogen (secondary N) is 2. The number of benzene rings is 1. The second-order valence-corrected chi connectivity index (χ2v) is 6.90. The summed E-state index contributed by atoms with van der Waals surface area (Å²) in [4.78, 5) is 6.80. The summed E-state index contributed by atoms with van der Waals surface area (Å²) in [6.07, 6.45) is 0. The molecule has 24 heavy (non-hydrogen) atoms. The zero-order chi connectivity index (χ0) is 17.5. The van der Waals surface area contributed by atoms with Crippen LogP contribution in [0.25, 0.3) is 0 Å². The standard InChI is InChI=1S/C18H32N4O.HI/c1-7-19-16(20-13-17(2,3)22(5)6)21-14-18(4,23)15-11-9-8-10-12-15;/h8-12,23H,7,13-14H2,1-6H3,(H2,19,20,21);1H. The topological polar surface area (TPSA) is 59.9 Å². The highest BCUT2D eigenvalue weighted by Crippen LogP contribution is 2.18. The maximum Gasteiger partial charge on any atom is 0.191 e. The van der Waals surface area contributed by atoms with E-state index in [0.717, 1.165) is 18.1 Å². The minimum atomic E-state index is -0.950. The molecule has 0 saturated carbocycles. The Hall–Kier alpha value is -0.860. The van der Waals surface area contributed by atoms with Crippen LogP contribution in [-0.2, 0) is 5.60 Å². The van der Waals surface area contributed by atoms with E-state index in [1.165, 1.54) is 0 Å². The fourth-order valence-corrected chi connectivity index (χ4v) is 1.91. The van der Waals surface area contributed by atoms with Gasteiger partial charge >= 0.3 is 0 Å². The van der Waals surface area contributed by atoms with E-state index in [9.17, 15) is 5.11 Å². The van der Waals surface area contributed by atoms with Crippen LogP contribution in [0.5, 0.6) is 0 Å². The Morgan fingerprint density at radius 1 is 1.12 bits per heavy atom. The molecule has 0 amide bonds. The maximum absolute atomic E-state index is 10.7. The van der Waals surface area contributed by atoms with Gasteiger partial charge in [-0.3, -0.25) is 4.99 Å².